The minimum atomic E-state index is -0.694. The molecule has 9 heteroatoms. The third-order valence-corrected chi connectivity index (χ3v) is 5.18. The lowest BCUT2D eigenvalue weighted by Gasteiger charge is -2.32. The van der Waals surface area contributed by atoms with Gasteiger partial charge in [0.25, 0.3) is 5.91 Å². The Morgan fingerprint density at radius 2 is 1.83 bits per heavy atom. The summed E-state index contributed by atoms with van der Waals surface area (Å²) in [4.78, 5) is 30.5. The smallest absolute Gasteiger partial charge is 0.326 e. The van der Waals surface area contributed by atoms with Crippen molar-refractivity contribution in [3.8, 4) is 11.4 Å². The van der Waals surface area contributed by atoms with Crippen molar-refractivity contribution in [3.63, 3.8) is 0 Å². The van der Waals surface area contributed by atoms with Crippen LogP contribution in [0.15, 0.2) is 54.6 Å². The zero-order valence-electron chi connectivity index (χ0n) is 15.9. The van der Waals surface area contributed by atoms with Gasteiger partial charge < -0.3 is 9.47 Å². The quantitative estimate of drug-likeness (QED) is 0.554. The van der Waals surface area contributed by atoms with Crippen molar-refractivity contribution >= 4 is 40.8 Å². The minimum Gasteiger partial charge on any atom is -0.479 e. The number of fused-ring (bicyclic) bond motifs is 1. The normalized spacial score (nSPS) is 15.5. The monoisotopic (exact) mass is 445 g/mol. The van der Waals surface area contributed by atoms with E-state index in [2.05, 4.69) is 4.98 Å². The van der Waals surface area contributed by atoms with E-state index in [0.717, 1.165) is 5.69 Å². The maximum atomic E-state index is 12.5. The van der Waals surface area contributed by atoms with Crippen molar-refractivity contribution in [2.24, 2.45) is 0 Å². The van der Waals surface area contributed by atoms with E-state index >= 15 is 0 Å². The Hall–Kier alpha value is -3.03. The summed E-state index contributed by atoms with van der Waals surface area (Å²) in [7, 11) is 0. The van der Waals surface area contributed by atoms with Crippen LogP contribution in [0.4, 0.5) is 5.69 Å². The van der Waals surface area contributed by atoms with Crippen LogP contribution in [-0.2, 0) is 20.9 Å². The van der Waals surface area contributed by atoms with Gasteiger partial charge in [0.05, 0.1) is 5.69 Å². The van der Waals surface area contributed by atoms with Crippen LogP contribution in [0.1, 0.15) is 12.6 Å². The number of esters is 1. The van der Waals surface area contributed by atoms with Gasteiger partial charge in [0.15, 0.2) is 11.3 Å². The van der Waals surface area contributed by atoms with Gasteiger partial charge in [0.2, 0.25) is 5.28 Å². The molecule has 0 N–H and O–H groups in total. The van der Waals surface area contributed by atoms with Gasteiger partial charge >= 0.3 is 5.97 Å². The summed E-state index contributed by atoms with van der Waals surface area (Å²) in [6.07, 6.45) is -0.694. The second kappa shape index (κ2) is 8.38. The number of imidazole rings is 1. The summed E-state index contributed by atoms with van der Waals surface area (Å²) in [6, 6.07) is 16.3. The second-order valence-electron chi connectivity index (χ2n) is 6.60. The Bertz CT molecular complexity index is 1100. The summed E-state index contributed by atoms with van der Waals surface area (Å²) >= 11 is 12.4. The molecular formula is C21H17Cl2N3O4. The highest BCUT2D eigenvalue weighted by Crippen LogP contribution is 2.33. The maximum absolute atomic E-state index is 12.5. The first-order chi connectivity index (χ1) is 14.5. The average molecular weight is 446 g/mol. The number of hydrogen-bond acceptors (Lipinski definition) is 5. The molecule has 7 nitrogen and oxygen atoms in total. The fourth-order valence-corrected chi connectivity index (χ4v) is 3.75. The number of nitrogens with zero attached hydrogens (tertiary/aromatic N) is 3. The topological polar surface area (TPSA) is 73.7 Å². The predicted octanol–water partition coefficient (Wildman–Crippen LogP) is 4.04. The molecule has 3 aromatic rings. The molecule has 30 heavy (non-hydrogen) atoms. The molecule has 2 aromatic carbocycles. The Labute approximate surface area is 182 Å². The molecular weight excluding hydrogens is 429 g/mol. The number of aromatic nitrogens is 2. The Balaban J connectivity index is 1.51. The fourth-order valence-electron chi connectivity index (χ4n) is 3.21. The lowest BCUT2D eigenvalue weighted by atomic mass is 10.2. The number of ether oxygens (including phenoxy) is 2. The van der Waals surface area contributed by atoms with Crippen LogP contribution in [0, 0.1) is 0 Å². The lowest BCUT2D eigenvalue weighted by Crippen LogP contribution is -2.47. The molecule has 2 heterocycles. The lowest BCUT2D eigenvalue weighted by molar-refractivity contribution is -0.144. The van der Waals surface area contributed by atoms with Crippen molar-refractivity contribution < 1.29 is 19.1 Å². The minimum absolute atomic E-state index is 0.137. The van der Waals surface area contributed by atoms with Crippen LogP contribution >= 0.6 is 23.2 Å². The maximum Gasteiger partial charge on any atom is 0.326 e. The molecule has 0 bridgehead atoms. The number of carbonyl (C=O) groups is 2. The molecule has 0 aliphatic carbocycles. The van der Waals surface area contributed by atoms with E-state index in [0.29, 0.717) is 17.1 Å². The Morgan fingerprint density at radius 1 is 1.13 bits per heavy atom. The highest BCUT2D eigenvalue weighted by molar-refractivity contribution is 6.33. The number of hydrogen-bond donors (Lipinski definition) is 0. The zero-order valence-corrected chi connectivity index (χ0v) is 17.4. The molecule has 1 amide bonds. The first kappa shape index (κ1) is 20.3. The van der Waals surface area contributed by atoms with Gasteiger partial charge in [-0.05, 0) is 42.8 Å². The highest BCUT2D eigenvalue weighted by atomic mass is 35.5. The van der Waals surface area contributed by atoms with Crippen LogP contribution in [0.25, 0.3) is 5.69 Å². The number of amides is 1. The number of halogens is 2. The third-order valence-electron chi connectivity index (χ3n) is 4.63. The summed E-state index contributed by atoms with van der Waals surface area (Å²) in [5, 5.41) is 0.293. The Kier molecular flexibility index (Phi) is 5.65. The fraction of sp³-hybridized carbons (Fsp3) is 0.190. The molecule has 1 aliphatic rings. The molecule has 0 radical (unpaired) electrons. The van der Waals surface area contributed by atoms with Crippen molar-refractivity contribution in [2.45, 2.75) is 19.6 Å². The first-order valence-electron chi connectivity index (χ1n) is 9.16. The molecule has 1 aromatic heterocycles. The van der Waals surface area contributed by atoms with E-state index < -0.39 is 12.1 Å². The number of para-hydroxylation sites is 3. The molecule has 0 saturated carbocycles. The molecule has 0 fully saturated rings. The van der Waals surface area contributed by atoms with Crippen LogP contribution in [0.2, 0.25) is 10.4 Å². The van der Waals surface area contributed by atoms with Gasteiger partial charge in [-0.1, -0.05) is 41.9 Å². The van der Waals surface area contributed by atoms with Crippen molar-refractivity contribution in [1.29, 1.82) is 0 Å². The summed E-state index contributed by atoms with van der Waals surface area (Å²) in [6.45, 7) is 1.23. The van der Waals surface area contributed by atoms with Gasteiger partial charge in [0.1, 0.15) is 24.6 Å². The molecule has 4 rings (SSSR count). The zero-order chi connectivity index (χ0) is 21.3. The van der Waals surface area contributed by atoms with Crippen molar-refractivity contribution in [2.75, 3.05) is 11.4 Å². The van der Waals surface area contributed by atoms with Gasteiger partial charge in [-0.3, -0.25) is 19.1 Å². The van der Waals surface area contributed by atoms with E-state index in [1.807, 2.05) is 30.3 Å². The standard InChI is InChI=1S/C21H17Cl2N3O4/c1-13-20(28)25(15-9-5-6-10-17(15)30-13)11-18(27)29-12-16-19(22)24-21(23)26(16)14-7-3-2-4-8-14/h2-10,13H,11-12H2,1H3. The molecule has 1 unspecified atom stereocenters. The third kappa shape index (κ3) is 3.86. The summed E-state index contributed by atoms with van der Waals surface area (Å²) in [5.41, 5.74) is 1.69. The van der Waals surface area contributed by atoms with Crippen LogP contribution < -0.4 is 9.64 Å². The van der Waals surface area contributed by atoms with Crippen LogP contribution in [0.5, 0.6) is 5.75 Å². The molecule has 1 aliphatic heterocycles. The van der Waals surface area contributed by atoms with Crippen LogP contribution in [0.3, 0.4) is 0 Å². The van der Waals surface area contributed by atoms with Gasteiger partial charge in [0, 0.05) is 5.69 Å². The van der Waals surface area contributed by atoms with Gasteiger partial charge in [-0.15, -0.1) is 0 Å². The number of rotatable bonds is 5. The molecule has 0 spiro atoms. The molecule has 1 atom stereocenters. The second-order valence-corrected chi connectivity index (χ2v) is 7.30. The van der Waals surface area contributed by atoms with Crippen molar-refractivity contribution in [1.82, 2.24) is 9.55 Å². The van der Waals surface area contributed by atoms with E-state index in [4.69, 9.17) is 32.7 Å². The average Bonchev–Trinajstić information content (AvgIpc) is 3.03. The van der Waals surface area contributed by atoms with Gasteiger partial charge in [-0.25, -0.2) is 4.98 Å². The molecule has 0 saturated heterocycles. The largest absolute Gasteiger partial charge is 0.479 e. The van der Waals surface area contributed by atoms with Crippen molar-refractivity contribution in [3.05, 3.63) is 70.7 Å². The summed E-state index contributed by atoms with van der Waals surface area (Å²) < 4.78 is 12.6. The van der Waals surface area contributed by atoms with E-state index in [-0.39, 0.29) is 29.5 Å². The highest BCUT2D eigenvalue weighted by Gasteiger charge is 2.33. The van der Waals surface area contributed by atoms with Gasteiger partial charge in [-0.2, -0.15) is 0 Å². The van der Waals surface area contributed by atoms with E-state index in [9.17, 15) is 9.59 Å². The summed E-state index contributed by atoms with van der Waals surface area (Å²) in [5.74, 6) is -0.379. The first-order valence-corrected chi connectivity index (χ1v) is 9.92. The number of benzene rings is 2. The Morgan fingerprint density at radius 3 is 2.60 bits per heavy atom. The number of anilines is 1. The predicted molar refractivity (Wildman–Crippen MR) is 112 cm³/mol. The van der Waals surface area contributed by atoms with E-state index in [1.165, 1.54) is 4.90 Å². The SMILES string of the molecule is CC1Oc2ccccc2N(CC(=O)OCc2c(Cl)nc(Cl)n2-c2ccccc2)C1=O. The van der Waals surface area contributed by atoms with E-state index in [1.54, 1.807) is 35.8 Å². The van der Waals surface area contributed by atoms with Crippen LogP contribution in [-0.4, -0.2) is 34.1 Å². The number of carbonyl (C=O) groups excluding carboxylic acids is 2. The molecule has 154 valence electrons.